The molecule has 0 radical (unpaired) electrons. The zero-order valence-electron chi connectivity index (χ0n) is 13.6. The first kappa shape index (κ1) is 17.4. The van der Waals surface area contributed by atoms with Gasteiger partial charge in [0.2, 0.25) is 0 Å². The van der Waals surface area contributed by atoms with Crippen LogP contribution in [0.4, 0.5) is 0 Å². The van der Waals surface area contributed by atoms with E-state index < -0.39 is 4.92 Å². The van der Waals surface area contributed by atoms with E-state index in [9.17, 15) is 15.3 Å². The molecule has 0 aliphatic rings. The van der Waals surface area contributed by atoms with Crippen molar-refractivity contribution in [2.45, 2.75) is 26.2 Å². The molecule has 0 amide bonds. The second-order valence-electron chi connectivity index (χ2n) is 5.36. The average Bonchev–Trinajstić information content (AvgIpc) is 2.62. The number of unbranched alkanes of at least 4 members (excludes halogenated alkanes) is 1. The fourth-order valence-electron chi connectivity index (χ4n) is 2.55. The molecule has 0 atom stereocenters. The fraction of sp³-hybridized carbons (Fsp3) is 0.211. The van der Waals surface area contributed by atoms with Gasteiger partial charge in [0, 0.05) is 0 Å². The lowest BCUT2D eigenvalue weighted by atomic mass is 9.93. The largest absolute Gasteiger partial charge is 0.410 e. The lowest BCUT2D eigenvalue weighted by molar-refractivity contribution is -0.414. The van der Waals surface area contributed by atoms with Gasteiger partial charge in [0.25, 0.3) is 0 Å². The van der Waals surface area contributed by atoms with E-state index in [2.05, 4.69) is 5.16 Å². The van der Waals surface area contributed by atoms with E-state index in [1.807, 2.05) is 67.6 Å². The number of nitro groups is 1. The first-order chi connectivity index (χ1) is 11.7. The van der Waals surface area contributed by atoms with Crippen LogP contribution in [0, 0.1) is 10.1 Å². The van der Waals surface area contributed by atoms with Gasteiger partial charge in [-0.15, -0.1) is 0 Å². The van der Waals surface area contributed by atoms with Crippen molar-refractivity contribution in [2.24, 2.45) is 5.16 Å². The maximum absolute atomic E-state index is 11.8. The highest BCUT2D eigenvalue weighted by Crippen LogP contribution is 2.29. The fourth-order valence-corrected chi connectivity index (χ4v) is 2.55. The number of oxime groups is 1. The van der Waals surface area contributed by atoms with Crippen molar-refractivity contribution in [2.75, 3.05) is 0 Å². The first-order valence-corrected chi connectivity index (χ1v) is 7.89. The van der Waals surface area contributed by atoms with E-state index in [-0.39, 0.29) is 11.4 Å². The lowest BCUT2D eigenvalue weighted by Crippen LogP contribution is -2.15. The number of nitrogens with zero attached hydrogens (tertiary/aromatic N) is 2. The van der Waals surface area contributed by atoms with Crippen molar-refractivity contribution in [3.63, 3.8) is 0 Å². The molecule has 0 saturated carbocycles. The lowest BCUT2D eigenvalue weighted by Gasteiger charge is -2.11. The molecule has 5 heteroatoms. The van der Waals surface area contributed by atoms with Crippen molar-refractivity contribution in [3.8, 4) is 0 Å². The highest BCUT2D eigenvalue weighted by molar-refractivity contribution is 6.06. The molecule has 0 saturated heterocycles. The van der Waals surface area contributed by atoms with Crippen LogP contribution >= 0.6 is 0 Å². The highest BCUT2D eigenvalue weighted by Gasteiger charge is 2.27. The molecule has 24 heavy (non-hydrogen) atoms. The van der Waals surface area contributed by atoms with Crippen LogP contribution in [0.1, 0.15) is 37.3 Å². The topological polar surface area (TPSA) is 75.7 Å². The van der Waals surface area contributed by atoms with Crippen molar-refractivity contribution < 1.29 is 10.1 Å². The Morgan fingerprint density at radius 1 is 1.04 bits per heavy atom. The molecule has 0 spiro atoms. The number of allylic oxidation sites excluding steroid dienone is 1. The molecule has 2 rings (SSSR count). The van der Waals surface area contributed by atoms with E-state index in [4.69, 9.17) is 0 Å². The van der Waals surface area contributed by atoms with Crippen LogP contribution in [-0.4, -0.2) is 15.8 Å². The van der Waals surface area contributed by atoms with Gasteiger partial charge in [-0.1, -0.05) is 79.2 Å². The quantitative estimate of drug-likeness (QED) is 0.346. The minimum Gasteiger partial charge on any atom is -0.410 e. The van der Waals surface area contributed by atoms with Gasteiger partial charge in [-0.2, -0.15) is 0 Å². The van der Waals surface area contributed by atoms with Gasteiger partial charge >= 0.3 is 5.70 Å². The molecule has 0 bridgehead atoms. The van der Waals surface area contributed by atoms with E-state index in [0.717, 1.165) is 6.42 Å². The predicted molar refractivity (Wildman–Crippen MR) is 94.6 cm³/mol. The minimum atomic E-state index is -0.458. The smallest absolute Gasteiger partial charge is 0.302 e. The maximum atomic E-state index is 11.8. The van der Waals surface area contributed by atoms with Crippen LogP contribution in [0.3, 0.4) is 0 Å². The summed E-state index contributed by atoms with van der Waals surface area (Å²) in [4.78, 5) is 11.3. The third-order valence-electron chi connectivity index (χ3n) is 3.71. The summed E-state index contributed by atoms with van der Waals surface area (Å²) in [6.45, 7) is 1.99. The van der Waals surface area contributed by atoms with Crippen molar-refractivity contribution in [1.82, 2.24) is 0 Å². The van der Waals surface area contributed by atoms with Crippen LogP contribution < -0.4 is 0 Å². The standard InChI is InChI=1S/C19H20N2O3/c1-2-3-14-17(20-22)19(21(23)24)18(15-10-6-4-7-11-15)16-12-8-5-9-13-16/h4-13,22H,2-3,14H2,1H3/b20-17+. The SMILES string of the molecule is CCCC/C(=N\O)C(=C(c1ccccc1)c1ccccc1)[N+](=O)[O-]. The summed E-state index contributed by atoms with van der Waals surface area (Å²) in [6, 6.07) is 18.3. The van der Waals surface area contributed by atoms with Gasteiger partial charge in [0.15, 0.2) is 5.71 Å². The zero-order valence-corrected chi connectivity index (χ0v) is 13.6. The number of hydrogen-bond acceptors (Lipinski definition) is 4. The molecule has 0 aromatic heterocycles. The van der Waals surface area contributed by atoms with Crippen LogP contribution in [0.5, 0.6) is 0 Å². The van der Waals surface area contributed by atoms with Crippen molar-refractivity contribution >= 4 is 11.3 Å². The summed E-state index contributed by atoms with van der Waals surface area (Å²) in [6.07, 6.45) is 1.93. The van der Waals surface area contributed by atoms with Gasteiger partial charge in [-0.25, -0.2) is 0 Å². The Labute approximate surface area is 141 Å². The Kier molecular flexibility index (Phi) is 6.25. The second kappa shape index (κ2) is 8.62. The monoisotopic (exact) mass is 324 g/mol. The van der Waals surface area contributed by atoms with Crippen molar-refractivity contribution in [1.29, 1.82) is 0 Å². The first-order valence-electron chi connectivity index (χ1n) is 7.89. The summed E-state index contributed by atoms with van der Waals surface area (Å²) in [5.41, 5.74) is 1.85. The van der Waals surface area contributed by atoms with Gasteiger partial charge < -0.3 is 5.21 Å². The number of hydrogen-bond donors (Lipinski definition) is 1. The van der Waals surface area contributed by atoms with Gasteiger partial charge in [-0.3, -0.25) is 10.1 Å². The molecule has 0 aliphatic carbocycles. The number of benzene rings is 2. The molecule has 0 aliphatic heterocycles. The van der Waals surface area contributed by atoms with E-state index in [1.165, 1.54) is 0 Å². The summed E-state index contributed by atoms with van der Waals surface area (Å²) in [5.74, 6) is 0. The van der Waals surface area contributed by atoms with E-state index in [1.54, 1.807) is 0 Å². The van der Waals surface area contributed by atoms with Crippen LogP contribution in [0.2, 0.25) is 0 Å². The zero-order chi connectivity index (χ0) is 17.4. The summed E-state index contributed by atoms with van der Waals surface area (Å²) < 4.78 is 0. The molecule has 0 fully saturated rings. The van der Waals surface area contributed by atoms with Gasteiger partial charge in [0.05, 0.1) is 10.5 Å². The van der Waals surface area contributed by atoms with Gasteiger partial charge in [-0.05, 0) is 24.0 Å². The van der Waals surface area contributed by atoms with Crippen LogP contribution in [0.15, 0.2) is 71.5 Å². The molecule has 1 N–H and O–H groups in total. The Balaban J connectivity index is 2.72. The molecule has 0 unspecified atom stereocenters. The molecule has 124 valence electrons. The molecule has 5 nitrogen and oxygen atoms in total. The Morgan fingerprint density at radius 3 is 1.92 bits per heavy atom. The van der Waals surface area contributed by atoms with Gasteiger partial charge in [0.1, 0.15) is 0 Å². The number of rotatable bonds is 7. The van der Waals surface area contributed by atoms with Crippen molar-refractivity contribution in [3.05, 3.63) is 87.6 Å². The summed E-state index contributed by atoms with van der Waals surface area (Å²) in [7, 11) is 0. The average molecular weight is 324 g/mol. The molecule has 0 heterocycles. The molecular formula is C19H20N2O3. The van der Waals surface area contributed by atoms with E-state index >= 15 is 0 Å². The summed E-state index contributed by atoms with van der Waals surface area (Å²) in [5, 5.41) is 24.4. The Morgan fingerprint density at radius 2 is 1.54 bits per heavy atom. The Bertz CT molecular complexity index is 696. The molecule has 2 aromatic carbocycles. The van der Waals surface area contributed by atoms with Crippen LogP contribution in [0.25, 0.3) is 5.57 Å². The van der Waals surface area contributed by atoms with Crippen LogP contribution in [-0.2, 0) is 0 Å². The third-order valence-corrected chi connectivity index (χ3v) is 3.71. The molecular weight excluding hydrogens is 304 g/mol. The predicted octanol–water partition coefficient (Wildman–Crippen LogP) is 4.74. The summed E-state index contributed by atoms with van der Waals surface area (Å²) >= 11 is 0. The normalized spacial score (nSPS) is 11.1. The van der Waals surface area contributed by atoms with E-state index in [0.29, 0.717) is 29.5 Å². The minimum absolute atomic E-state index is 0.101. The maximum Gasteiger partial charge on any atom is 0.302 e. The molecule has 2 aromatic rings. The Hall–Kier alpha value is -2.95. The third kappa shape index (κ3) is 4.07. The second-order valence-corrected chi connectivity index (χ2v) is 5.36. The highest BCUT2D eigenvalue weighted by atomic mass is 16.6.